The standard InChI is InChI=1S/C17H34N4O/c1-5-19-9-11-20(12-10-19)16(4)13-18-17(22)21-14(2)7-6-8-15(21)3/h14-16H,5-13H2,1-4H3,(H,18,22). The van der Waals surface area contributed by atoms with Crippen molar-refractivity contribution in [3.8, 4) is 0 Å². The molecule has 0 radical (unpaired) electrons. The predicted molar refractivity (Wildman–Crippen MR) is 91.2 cm³/mol. The van der Waals surface area contributed by atoms with Gasteiger partial charge < -0.3 is 15.1 Å². The Morgan fingerprint density at radius 2 is 1.73 bits per heavy atom. The molecule has 0 spiro atoms. The normalized spacial score (nSPS) is 29.4. The summed E-state index contributed by atoms with van der Waals surface area (Å²) in [6, 6.07) is 1.27. The SMILES string of the molecule is CCN1CCN(C(C)CNC(=O)N2C(C)CCCC2C)CC1. The summed E-state index contributed by atoms with van der Waals surface area (Å²) in [5.74, 6) is 0. The smallest absolute Gasteiger partial charge is 0.317 e. The van der Waals surface area contributed by atoms with Gasteiger partial charge in [0.25, 0.3) is 0 Å². The van der Waals surface area contributed by atoms with Crippen LogP contribution in [-0.4, -0.2) is 78.1 Å². The van der Waals surface area contributed by atoms with Crippen LogP contribution in [0.3, 0.4) is 0 Å². The molecule has 3 atom stereocenters. The number of carbonyl (C=O) groups excluding carboxylic acids is 1. The Morgan fingerprint density at radius 1 is 1.14 bits per heavy atom. The van der Waals surface area contributed by atoms with Gasteiger partial charge in [-0.2, -0.15) is 0 Å². The van der Waals surface area contributed by atoms with Crippen molar-refractivity contribution in [3.05, 3.63) is 0 Å². The molecule has 5 nitrogen and oxygen atoms in total. The Labute approximate surface area is 136 Å². The van der Waals surface area contributed by atoms with E-state index in [2.05, 4.69) is 42.8 Å². The van der Waals surface area contributed by atoms with Crippen molar-refractivity contribution in [2.75, 3.05) is 39.3 Å². The van der Waals surface area contributed by atoms with Crippen LogP contribution in [-0.2, 0) is 0 Å². The number of nitrogens with one attached hydrogen (secondary N) is 1. The number of rotatable bonds is 4. The lowest BCUT2D eigenvalue weighted by molar-refractivity contribution is 0.0988. The van der Waals surface area contributed by atoms with Gasteiger partial charge in [-0.05, 0) is 46.6 Å². The summed E-state index contributed by atoms with van der Waals surface area (Å²) in [4.78, 5) is 19.5. The molecule has 2 aliphatic rings. The van der Waals surface area contributed by atoms with Crippen LogP contribution in [0, 0.1) is 0 Å². The molecule has 2 aliphatic heterocycles. The van der Waals surface area contributed by atoms with E-state index in [9.17, 15) is 4.79 Å². The van der Waals surface area contributed by atoms with Gasteiger partial charge >= 0.3 is 6.03 Å². The Balaban J connectivity index is 1.76. The third-order valence-corrected chi connectivity index (χ3v) is 5.45. The molecular formula is C17H34N4O. The van der Waals surface area contributed by atoms with E-state index in [0.29, 0.717) is 18.1 Å². The lowest BCUT2D eigenvalue weighted by Gasteiger charge is -2.40. The molecule has 1 N–H and O–H groups in total. The van der Waals surface area contributed by atoms with Crippen LogP contribution >= 0.6 is 0 Å². The van der Waals surface area contributed by atoms with Crippen molar-refractivity contribution in [1.29, 1.82) is 0 Å². The molecule has 0 aliphatic carbocycles. The number of hydrogen-bond acceptors (Lipinski definition) is 3. The fourth-order valence-electron chi connectivity index (χ4n) is 3.80. The molecule has 2 amide bonds. The molecule has 5 heteroatoms. The van der Waals surface area contributed by atoms with E-state index < -0.39 is 0 Å². The van der Waals surface area contributed by atoms with Crippen molar-refractivity contribution in [3.63, 3.8) is 0 Å². The second-order valence-corrected chi connectivity index (χ2v) is 7.04. The van der Waals surface area contributed by atoms with Crippen molar-refractivity contribution >= 4 is 6.03 Å². The van der Waals surface area contributed by atoms with E-state index in [4.69, 9.17) is 0 Å². The van der Waals surface area contributed by atoms with Gasteiger partial charge in [-0.3, -0.25) is 4.90 Å². The van der Waals surface area contributed by atoms with Crippen LogP contribution in [0.15, 0.2) is 0 Å². The third-order valence-electron chi connectivity index (χ3n) is 5.45. The minimum Gasteiger partial charge on any atom is -0.336 e. The second-order valence-electron chi connectivity index (χ2n) is 7.04. The molecular weight excluding hydrogens is 276 g/mol. The first kappa shape index (κ1) is 17.5. The molecule has 2 heterocycles. The summed E-state index contributed by atoms with van der Waals surface area (Å²) in [6.07, 6.45) is 3.50. The molecule has 0 aromatic heterocycles. The molecule has 128 valence electrons. The summed E-state index contributed by atoms with van der Waals surface area (Å²) in [7, 11) is 0. The van der Waals surface area contributed by atoms with Gasteiger partial charge in [0, 0.05) is 50.8 Å². The highest BCUT2D eigenvalue weighted by molar-refractivity contribution is 5.75. The van der Waals surface area contributed by atoms with Gasteiger partial charge in [0.2, 0.25) is 0 Å². The predicted octanol–water partition coefficient (Wildman–Crippen LogP) is 1.98. The average Bonchev–Trinajstić information content (AvgIpc) is 2.52. The Hall–Kier alpha value is -0.810. The van der Waals surface area contributed by atoms with Crippen molar-refractivity contribution in [2.45, 2.75) is 65.1 Å². The number of hydrogen-bond donors (Lipinski definition) is 1. The molecule has 2 fully saturated rings. The zero-order chi connectivity index (χ0) is 16.1. The molecule has 0 aromatic rings. The number of amides is 2. The van der Waals surface area contributed by atoms with Crippen molar-refractivity contribution in [2.24, 2.45) is 0 Å². The van der Waals surface area contributed by atoms with Gasteiger partial charge in [-0.15, -0.1) is 0 Å². The topological polar surface area (TPSA) is 38.8 Å². The van der Waals surface area contributed by atoms with E-state index in [1.165, 1.54) is 6.42 Å². The fourth-order valence-corrected chi connectivity index (χ4v) is 3.80. The summed E-state index contributed by atoms with van der Waals surface area (Å²) < 4.78 is 0. The molecule has 0 bridgehead atoms. The van der Waals surface area contributed by atoms with E-state index in [-0.39, 0.29) is 6.03 Å². The zero-order valence-electron chi connectivity index (χ0n) is 14.8. The average molecular weight is 310 g/mol. The first-order chi connectivity index (χ1) is 10.5. The lowest BCUT2D eigenvalue weighted by atomic mass is 9.98. The highest BCUT2D eigenvalue weighted by Crippen LogP contribution is 2.22. The van der Waals surface area contributed by atoms with Crippen LogP contribution < -0.4 is 5.32 Å². The zero-order valence-corrected chi connectivity index (χ0v) is 14.8. The molecule has 0 aromatic carbocycles. The maximum absolute atomic E-state index is 12.5. The highest BCUT2D eigenvalue weighted by Gasteiger charge is 2.29. The molecule has 3 unspecified atom stereocenters. The van der Waals surface area contributed by atoms with Crippen LogP contribution in [0.25, 0.3) is 0 Å². The second kappa shape index (κ2) is 8.16. The Bertz CT molecular complexity index is 345. The Morgan fingerprint density at radius 3 is 2.27 bits per heavy atom. The van der Waals surface area contributed by atoms with Gasteiger partial charge in [0.15, 0.2) is 0 Å². The first-order valence-electron chi connectivity index (χ1n) is 9.05. The molecule has 2 saturated heterocycles. The van der Waals surface area contributed by atoms with E-state index >= 15 is 0 Å². The highest BCUT2D eigenvalue weighted by atomic mass is 16.2. The number of piperidine rings is 1. The van der Waals surface area contributed by atoms with E-state index in [0.717, 1.165) is 52.1 Å². The van der Waals surface area contributed by atoms with Crippen LogP contribution in [0.1, 0.15) is 47.0 Å². The number of likely N-dealkylation sites (N-methyl/N-ethyl adjacent to an activating group) is 1. The third kappa shape index (κ3) is 4.35. The van der Waals surface area contributed by atoms with Gasteiger partial charge in [-0.1, -0.05) is 6.92 Å². The minimum absolute atomic E-state index is 0.124. The van der Waals surface area contributed by atoms with Crippen LogP contribution in [0.5, 0.6) is 0 Å². The largest absolute Gasteiger partial charge is 0.336 e. The quantitative estimate of drug-likeness (QED) is 0.863. The number of urea groups is 1. The van der Waals surface area contributed by atoms with Crippen molar-refractivity contribution < 1.29 is 4.79 Å². The van der Waals surface area contributed by atoms with Gasteiger partial charge in [-0.25, -0.2) is 4.79 Å². The van der Waals surface area contributed by atoms with Crippen LogP contribution in [0.2, 0.25) is 0 Å². The van der Waals surface area contributed by atoms with E-state index in [1.807, 2.05) is 4.90 Å². The monoisotopic (exact) mass is 310 g/mol. The Kier molecular flexibility index (Phi) is 6.50. The molecule has 0 saturated carbocycles. The molecule has 2 rings (SSSR count). The van der Waals surface area contributed by atoms with Gasteiger partial charge in [0.05, 0.1) is 0 Å². The fraction of sp³-hybridized carbons (Fsp3) is 0.941. The van der Waals surface area contributed by atoms with Crippen molar-refractivity contribution in [1.82, 2.24) is 20.0 Å². The summed E-state index contributed by atoms with van der Waals surface area (Å²) in [5.41, 5.74) is 0. The first-order valence-corrected chi connectivity index (χ1v) is 9.05. The summed E-state index contributed by atoms with van der Waals surface area (Å²) in [6.45, 7) is 15.2. The van der Waals surface area contributed by atoms with Crippen LogP contribution in [0.4, 0.5) is 4.79 Å². The summed E-state index contributed by atoms with van der Waals surface area (Å²) >= 11 is 0. The lowest BCUT2D eigenvalue weighted by Crippen LogP contribution is -2.55. The van der Waals surface area contributed by atoms with Gasteiger partial charge in [0.1, 0.15) is 0 Å². The maximum Gasteiger partial charge on any atom is 0.317 e. The number of nitrogens with zero attached hydrogens (tertiary/aromatic N) is 3. The molecule has 22 heavy (non-hydrogen) atoms. The van der Waals surface area contributed by atoms with E-state index in [1.54, 1.807) is 0 Å². The number of piperazine rings is 1. The number of carbonyl (C=O) groups is 1. The minimum atomic E-state index is 0.124. The maximum atomic E-state index is 12.5. The summed E-state index contributed by atoms with van der Waals surface area (Å²) in [5, 5.41) is 3.17. The number of likely N-dealkylation sites (tertiary alicyclic amines) is 1.